The summed E-state index contributed by atoms with van der Waals surface area (Å²) >= 11 is 0. The van der Waals surface area contributed by atoms with Gasteiger partial charge in [0, 0.05) is 13.1 Å². The number of carbonyl (C=O) groups is 1. The van der Waals surface area contributed by atoms with Gasteiger partial charge in [0.1, 0.15) is 0 Å². The first-order valence-corrected chi connectivity index (χ1v) is 4.41. The summed E-state index contributed by atoms with van der Waals surface area (Å²) in [6.07, 6.45) is 1.53. The van der Waals surface area contributed by atoms with Crippen LogP contribution in [0.2, 0.25) is 0 Å². The normalized spacial score (nSPS) is 19.7. The second-order valence-corrected chi connectivity index (χ2v) is 4.30. The standard InChI is InChI=1S/C10H13NO2/c1-10(2)6-11(7-10)9(12)8-4-3-5-13-8/h3-5H,6-7H2,1-2H3. The summed E-state index contributed by atoms with van der Waals surface area (Å²) in [5, 5.41) is 0. The molecule has 0 spiro atoms. The summed E-state index contributed by atoms with van der Waals surface area (Å²) in [4.78, 5) is 13.4. The zero-order valence-electron chi connectivity index (χ0n) is 7.91. The Bertz CT molecular complexity index is 306. The molecule has 0 unspecified atom stereocenters. The van der Waals surface area contributed by atoms with E-state index in [1.54, 1.807) is 17.0 Å². The number of carbonyl (C=O) groups excluding carboxylic acids is 1. The molecule has 0 atom stereocenters. The van der Waals surface area contributed by atoms with Gasteiger partial charge in [-0.25, -0.2) is 0 Å². The molecule has 1 saturated heterocycles. The predicted octanol–water partition coefficient (Wildman–Crippen LogP) is 1.76. The highest BCUT2D eigenvalue weighted by molar-refractivity contribution is 5.92. The predicted molar refractivity (Wildman–Crippen MR) is 48.4 cm³/mol. The second kappa shape index (κ2) is 2.62. The van der Waals surface area contributed by atoms with Crippen LogP contribution in [0.25, 0.3) is 0 Å². The fraction of sp³-hybridized carbons (Fsp3) is 0.500. The van der Waals surface area contributed by atoms with Crippen LogP contribution in [0.15, 0.2) is 22.8 Å². The Morgan fingerprint density at radius 2 is 2.23 bits per heavy atom. The van der Waals surface area contributed by atoms with Gasteiger partial charge in [-0.1, -0.05) is 13.8 Å². The lowest BCUT2D eigenvalue weighted by atomic mass is 9.84. The third-order valence-corrected chi connectivity index (χ3v) is 2.26. The highest BCUT2D eigenvalue weighted by Crippen LogP contribution is 2.29. The van der Waals surface area contributed by atoms with Gasteiger partial charge in [-0.15, -0.1) is 0 Å². The van der Waals surface area contributed by atoms with Crippen LogP contribution in [0.5, 0.6) is 0 Å². The summed E-state index contributed by atoms with van der Waals surface area (Å²) in [5.74, 6) is 0.444. The van der Waals surface area contributed by atoms with E-state index in [9.17, 15) is 4.79 Å². The summed E-state index contributed by atoms with van der Waals surface area (Å²) in [6, 6.07) is 3.44. The Morgan fingerprint density at radius 3 is 2.69 bits per heavy atom. The van der Waals surface area contributed by atoms with Gasteiger partial charge >= 0.3 is 0 Å². The maximum atomic E-state index is 11.6. The third kappa shape index (κ3) is 1.46. The number of nitrogens with zero attached hydrogens (tertiary/aromatic N) is 1. The monoisotopic (exact) mass is 179 g/mol. The molecule has 1 aliphatic heterocycles. The molecule has 0 bridgehead atoms. The first-order valence-electron chi connectivity index (χ1n) is 4.41. The Morgan fingerprint density at radius 1 is 1.54 bits per heavy atom. The molecule has 13 heavy (non-hydrogen) atoms. The number of amides is 1. The zero-order chi connectivity index (χ0) is 9.47. The highest BCUT2D eigenvalue weighted by atomic mass is 16.3. The van der Waals surface area contributed by atoms with E-state index < -0.39 is 0 Å². The second-order valence-electron chi connectivity index (χ2n) is 4.30. The Hall–Kier alpha value is -1.25. The topological polar surface area (TPSA) is 33.5 Å². The Balaban J connectivity index is 2.02. The molecule has 1 aromatic heterocycles. The molecule has 3 nitrogen and oxygen atoms in total. The molecular weight excluding hydrogens is 166 g/mol. The number of rotatable bonds is 1. The third-order valence-electron chi connectivity index (χ3n) is 2.26. The quantitative estimate of drug-likeness (QED) is 0.658. The van der Waals surface area contributed by atoms with Gasteiger partial charge in [-0.05, 0) is 17.5 Å². The summed E-state index contributed by atoms with van der Waals surface area (Å²) in [6.45, 7) is 5.96. The lowest BCUT2D eigenvalue weighted by molar-refractivity contribution is 0.0209. The van der Waals surface area contributed by atoms with Crippen molar-refractivity contribution in [1.82, 2.24) is 4.90 Å². The van der Waals surface area contributed by atoms with E-state index in [4.69, 9.17) is 4.42 Å². The maximum Gasteiger partial charge on any atom is 0.289 e. The average molecular weight is 179 g/mol. The van der Waals surface area contributed by atoms with Gasteiger partial charge < -0.3 is 9.32 Å². The number of hydrogen-bond donors (Lipinski definition) is 0. The van der Waals surface area contributed by atoms with Crippen LogP contribution in [0, 0.1) is 5.41 Å². The van der Waals surface area contributed by atoms with Gasteiger partial charge in [-0.2, -0.15) is 0 Å². The minimum absolute atomic E-state index is 0.00400. The average Bonchev–Trinajstić information content (AvgIpc) is 2.50. The Labute approximate surface area is 77.3 Å². The van der Waals surface area contributed by atoms with E-state index in [0.717, 1.165) is 13.1 Å². The molecule has 70 valence electrons. The molecule has 3 heteroatoms. The molecule has 1 amide bonds. The Kier molecular flexibility index (Phi) is 1.68. The van der Waals surface area contributed by atoms with Crippen molar-refractivity contribution in [2.45, 2.75) is 13.8 Å². The number of hydrogen-bond acceptors (Lipinski definition) is 2. The number of likely N-dealkylation sites (tertiary alicyclic amines) is 1. The minimum Gasteiger partial charge on any atom is -0.459 e. The van der Waals surface area contributed by atoms with E-state index in [1.165, 1.54) is 6.26 Å². The first kappa shape index (κ1) is 8.35. The van der Waals surface area contributed by atoms with Crippen molar-refractivity contribution in [3.63, 3.8) is 0 Å². The van der Waals surface area contributed by atoms with Gasteiger partial charge in [-0.3, -0.25) is 4.79 Å². The summed E-state index contributed by atoms with van der Waals surface area (Å²) in [5.41, 5.74) is 0.280. The van der Waals surface area contributed by atoms with Gasteiger partial charge in [0.05, 0.1) is 6.26 Å². The lowest BCUT2D eigenvalue weighted by Crippen LogP contribution is -2.55. The molecule has 0 aromatic carbocycles. The van der Waals surface area contributed by atoms with Gasteiger partial charge in [0.2, 0.25) is 0 Å². The van der Waals surface area contributed by atoms with Crippen molar-refractivity contribution in [2.75, 3.05) is 13.1 Å². The minimum atomic E-state index is 0.00400. The molecule has 1 aromatic rings. The first-order chi connectivity index (χ1) is 6.08. The van der Waals surface area contributed by atoms with E-state index in [2.05, 4.69) is 13.8 Å². The summed E-state index contributed by atoms with van der Waals surface area (Å²) in [7, 11) is 0. The van der Waals surface area contributed by atoms with Crippen LogP contribution in [-0.4, -0.2) is 23.9 Å². The van der Waals surface area contributed by atoms with Crippen molar-refractivity contribution in [3.8, 4) is 0 Å². The van der Waals surface area contributed by atoms with Gasteiger partial charge in [0.25, 0.3) is 5.91 Å². The van der Waals surface area contributed by atoms with E-state index in [1.807, 2.05) is 0 Å². The SMILES string of the molecule is CC1(C)CN(C(=O)c2ccco2)C1. The van der Waals surface area contributed by atoms with Crippen molar-refractivity contribution in [2.24, 2.45) is 5.41 Å². The smallest absolute Gasteiger partial charge is 0.289 e. The fourth-order valence-electron chi connectivity index (χ4n) is 1.69. The molecule has 0 radical (unpaired) electrons. The van der Waals surface area contributed by atoms with Crippen LogP contribution in [0.3, 0.4) is 0 Å². The maximum absolute atomic E-state index is 11.6. The molecule has 0 aliphatic carbocycles. The van der Waals surface area contributed by atoms with E-state index in [0.29, 0.717) is 5.76 Å². The number of furan rings is 1. The molecular formula is C10H13NO2. The van der Waals surface area contributed by atoms with Crippen LogP contribution < -0.4 is 0 Å². The molecule has 1 fully saturated rings. The van der Waals surface area contributed by atoms with Gasteiger partial charge in [0.15, 0.2) is 5.76 Å². The van der Waals surface area contributed by atoms with E-state index in [-0.39, 0.29) is 11.3 Å². The largest absolute Gasteiger partial charge is 0.459 e. The highest BCUT2D eigenvalue weighted by Gasteiger charge is 2.38. The molecule has 0 N–H and O–H groups in total. The zero-order valence-corrected chi connectivity index (χ0v) is 7.91. The molecule has 1 aliphatic rings. The summed E-state index contributed by atoms with van der Waals surface area (Å²) < 4.78 is 5.03. The van der Waals surface area contributed by atoms with Crippen molar-refractivity contribution < 1.29 is 9.21 Å². The van der Waals surface area contributed by atoms with Crippen LogP contribution in [-0.2, 0) is 0 Å². The van der Waals surface area contributed by atoms with Crippen LogP contribution in [0.4, 0.5) is 0 Å². The van der Waals surface area contributed by atoms with Crippen LogP contribution in [0.1, 0.15) is 24.4 Å². The fourth-order valence-corrected chi connectivity index (χ4v) is 1.69. The van der Waals surface area contributed by atoms with Crippen LogP contribution >= 0.6 is 0 Å². The van der Waals surface area contributed by atoms with Crippen molar-refractivity contribution in [3.05, 3.63) is 24.2 Å². The van der Waals surface area contributed by atoms with E-state index >= 15 is 0 Å². The molecule has 2 heterocycles. The lowest BCUT2D eigenvalue weighted by Gasteiger charge is -2.45. The van der Waals surface area contributed by atoms with Crippen molar-refractivity contribution >= 4 is 5.91 Å². The van der Waals surface area contributed by atoms with Crippen molar-refractivity contribution in [1.29, 1.82) is 0 Å². The molecule has 0 saturated carbocycles. The molecule has 2 rings (SSSR count).